The van der Waals surface area contributed by atoms with E-state index in [0.29, 0.717) is 5.02 Å². The van der Waals surface area contributed by atoms with Crippen LogP contribution in [-0.4, -0.2) is 25.3 Å². The minimum absolute atomic E-state index is 0. The maximum atomic E-state index is 10.2. The van der Waals surface area contributed by atoms with Crippen LogP contribution >= 0.6 is 24.0 Å². The molecule has 0 aliphatic heterocycles. The van der Waals surface area contributed by atoms with E-state index in [2.05, 4.69) is 0 Å². The van der Waals surface area contributed by atoms with Crippen LogP contribution in [0, 0.1) is 5.41 Å². The van der Waals surface area contributed by atoms with Gasteiger partial charge in [-0.05, 0) is 23.1 Å². The Labute approximate surface area is 127 Å². The van der Waals surface area contributed by atoms with Crippen LogP contribution in [0.3, 0.4) is 0 Å². The molecular formula is C14H24Cl2N2O. The van der Waals surface area contributed by atoms with Crippen LogP contribution in [0.1, 0.15) is 32.4 Å². The van der Waals surface area contributed by atoms with Gasteiger partial charge in [-0.25, -0.2) is 0 Å². The standard InChI is InChI=1S/C14H23ClN2O.ClH/c1-14(2,3)13(18)12(16)10-7-6-9(17(4)5)8-11(10)15;/h6-8,12-13,18H,16H2,1-5H3;1H/t12-,13-;/m1./s1. The van der Waals surface area contributed by atoms with E-state index in [0.717, 1.165) is 11.3 Å². The maximum Gasteiger partial charge on any atom is 0.0781 e. The molecule has 1 rings (SSSR count). The van der Waals surface area contributed by atoms with Crippen molar-refractivity contribution in [1.29, 1.82) is 0 Å². The number of hydrogen-bond acceptors (Lipinski definition) is 3. The molecule has 0 radical (unpaired) electrons. The molecule has 0 amide bonds. The van der Waals surface area contributed by atoms with Crippen molar-refractivity contribution in [3.05, 3.63) is 28.8 Å². The van der Waals surface area contributed by atoms with Crippen LogP contribution in [0.25, 0.3) is 0 Å². The molecule has 0 unspecified atom stereocenters. The Morgan fingerprint density at radius 1 is 1.26 bits per heavy atom. The third kappa shape index (κ3) is 4.53. The molecule has 0 aliphatic rings. The Morgan fingerprint density at radius 3 is 2.16 bits per heavy atom. The number of benzene rings is 1. The Bertz CT molecular complexity index is 416. The Balaban J connectivity index is 0.00000324. The number of anilines is 1. The molecule has 0 aliphatic carbocycles. The van der Waals surface area contributed by atoms with Gasteiger partial charge >= 0.3 is 0 Å². The summed E-state index contributed by atoms with van der Waals surface area (Å²) in [6.07, 6.45) is -0.639. The van der Waals surface area contributed by atoms with Crippen molar-refractivity contribution in [2.75, 3.05) is 19.0 Å². The molecule has 3 N–H and O–H groups in total. The van der Waals surface area contributed by atoms with Crippen LogP contribution in [0.15, 0.2) is 18.2 Å². The lowest BCUT2D eigenvalue weighted by Gasteiger charge is -2.31. The number of halogens is 2. The number of hydrogen-bond donors (Lipinski definition) is 2. The zero-order chi connectivity index (χ0) is 14.1. The second-order valence-corrected chi connectivity index (χ2v) is 6.34. The van der Waals surface area contributed by atoms with E-state index >= 15 is 0 Å². The first-order valence-electron chi connectivity index (χ1n) is 6.05. The van der Waals surface area contributed by atoms with E-state index in [1.165, 1.54) is 0 Å². The summed E-state index contributed by atoms with van der Waals surface area (Å²) in [5.41, 5.74) is 7.63. The van der Waals surface area contributed by atoms with Crippen molar-refractivity contribution in [2.24, 2.45) is 11.1 Å². The fraction of sp³-hybridized carbons (Fsp3) is 0.571. The Morgan fingerprint density at radius 2 is 1.79 bits per heavy atom. The summed E-state index contributed by atoms with van der Waals surface area (Å²) < 4.78 is 0. The molecule has 5 heteroatoms. The molecule has 0 bridgehead atoms. The molecule has 0 heterocycles. The van der Waals surface area contributed by atoms with Gasteiger partial charge in [0.2, 0.25) is 0 Å². The highest BCUT2D eigenvalue weighted by Crippen LogP contribution is 2.33. The van der Waals surface area contributed by atoms with Gasteiger partial charge in [0, 0.05) is 24.8 Å². The highest BCUT2D eigenvalue weighted by atomic mass is 35.5. The van der Waals surface area contributed by atoms with Crippen molar-refractivity contribution in [3.8, 4) is 0 Å². The monoisotopic (exact) mass is 306 g/mol. The first-order chi connectivity index (χ1) is 8.14. The lowest BCUT2D eigenvalue weighted by atomic mass is 9.82. The fourth-order valence-electron chi connectivity index (χ4n) is 1.77. The molecular weight excluding hydrogens is 283 g/mol. The quantitative estimate of drug-likeness (QED) is 0.901. The summed E-state index contributed by atoms with van der Waals surface area (Å²) in [6.45, 7) is 5.87. The van der Waals surface area contributed by atoms with Gasteiger partial charge in [0.05, 0.1) is 12.1 Å². The molecule has 2 atom stereocenters. The number of nitrogens with zero attached hydrogens (tertiary/aromatic N) is 1. The molecule has 0 fully saturated rings. The predicted octanol–water partition coefficient (Wildman–Crippen LogP) is 3.23. The van der Waals surface area contributed by atoms with Crippen molar-refractivity contribution in [1.82, 2.24) is 0 Å². The molecule has 0 aromatic heterocycles. The molecule has 0 saturated carbocycles. The molecule has 1 aromatic rings. The minimum Gasteiger partial charge on any atom is -0.391 e. The van der Waals surface area contributed by atoms with Gasteiger partial charge in [-0.2, -0.15) is 0 Å². The van der Waals surface area contributed by atoms with Crippen LogP contribution in [0.2, 0.25) is 5.02 Å². The summed E-state index contributed by atoms with van der Waals surface area (Å²) in [4.78, 5) is 1.97. The van der Waals surface area contributed by atoms with E-state index in [1.807, 2.05) is 58.0 Å². The molecule has 110 valence electrons. The first kappa shape index (κ1) is 18.5. The second-order valence-electron chi connectivity index (χ2n) is 5.94. The zero-order valence-electron chi connectivity index (χ0n) is 12.1. The largest absolute Gasteiger partial charge is 0.391 e. The Hall–Kier alpha value is -0.480. The summed E-state index contributed by atoms with van der Waals surface area (Å²) in [7, 11) is 3.91. The molecule has 0 spiro atoms. The number of rotatable bonds is 3. The summed E-state index contributed by atoms with van der Waals surface area (Å²) in [6, 6.07) is 5.23. The smallest absolute Gasteiger partial charge is 0.0781 e. The predicted molar refractivity (Wildman–Crippen MR) is 85.4 cm³/mol. The van der Waals surface area contributed by atoms with E-state index in [1.54, 1.807) is 0 Å². The van der Waals surface area contributed by atoms with Crippen LogP contribution in [0.5, 0.6) is 0 Å². The Kier molecular flexibility index (Phi) is 6.63. The minimum atomic E-state index is -0.639. The third-order valence-electron chi connectivity index (χ3n) is 3.09. The number of nitrogens with two attached hydrogens (primary N) is 1. The van der Waals surface area contributed by atoms with Crippen LogP contribution in [-0.2, 0) is 0 Å². The van der Waals surface area contributed by atoms with Gasteiger partial charge < -0.3 is 15.7 Å². The van der Waals surface area contributed by atoms with Crippen LogP contribution < -0.4 is 10.6 Å². The number of aliphatic hydroxyl groups is 1. The van der Waals surface area contributed by atoms with E-state index in [9.17, 15) is 5.11 Å². The van der Waals surface area contributed by atoms with Crippen molar-refractivity contribution < 1.29 is 5.11 Å². The van der Waals surface area contributed by atoms with Gasteiger partial charge in [0.15, 0.2) is 0 Å². The lowest BCUT2D eigenvalue weighted by molar-refractivity contribution is 0.0401. The van der Waals surface area contributed by atoms with Crippen molar-refractivity contribution >= 4 is 29.7 Å². The molecule has 0 saturated heterocycles. The number of aliphatic hydroxyl groups excluding tert-OH is 1. The van der Waals surface area contributed by atoms with Crippen molar-refractivity contribution in [2.45, 2.75) is 32.9 Å². The average molecular weight is 307 g/mol. The second kappa shape index (κ2) is 6.80. The SMILES string of the molecule is CN(C)c1ccc([C@@H](N)[C@@H](O)C(C)(C)C)c(Cl)c1.Cl. The normalized spacial score (nSPS) is 14.5. The summed E-state index contributed by atoms with van der Waals surface area (Å²) >= 11 is 6.24. The van der Waals surface area contributed by atoms with E-state index in [4.69, 9.17) is 17.3 Å². The maximum absolute atomic E-state index is 10.2. The lowest BCUT2D eigenvalue weighted by Crippen LogP contribution is -2.37. The molecule has 3 nitrogen and oxygen atoms in total. The van der Waals surface area contributed by atoms with Gasteiger partial charge in [-0.1, -0.05) is 38.4 Å². The average Bonchev–Trinajstić information content (AvgIpc) is 2.25. The summed E-state index contributed by atoms with van der Waals surface area (Å²) in [5, 5.41) is 10.8. The molecule has 19 heavy (non-hydrogen) atoms. The van der Waals surface area contributed by atoms with Gasteiger partial charge in [-0.3, -0.25) is 0 Å². The van der Waals surface area contributed by atoms with E-state index in [-0.39, 0.29) is 17.8 Å². The first-order valence-corrected chi connectivity index (χ1v) is 6.43. The fourth-order valence-corrected chi connectivity index (χ4v) is 2.07. The highest BCUT2D eigenvalue weighted by molar-refractivity contribution is 6.31. The highest BCUT2D eigenvalue weighted by Gasteiger charge is 2.30. The van der Waals surface area contributed by atoms with Gasteiger partial charge in [-0.15, -0.1) is 12.4 Å². The summed E-state index contributed by atoms with van der Waals surface area (Å²) in [5.74, 6) is 0. The van der Waals surface area contributed by atoms with E-state index < -0.39 is 12.1 Å². The topological polar surface area (TPSA) is 49.5 Å². The molecule has 1 aromatic carbocycles. The van der Waals surface area contributed by atoms with Crippen molar-refractivity contribution in [3.63, 3.8) is 0 Å². The van der Waals surface area contributed by atoms with Gasteiger partial charge in [0.1, 0.15) is 0 Å². The van der Waals surface area contributed by atoms with Gasteiger partial charge in [0.25, 0.3) is 0 Å². The van der Waals surface area contributed by atoms with Crippen LogP contribution in [0.4, 0.5) is 5.69 Å². The third-order valence-corrected chi connectivity index (χ3v) is 3.41. The zero-order valence-corrected chi connectivity index (χ0v) is 13.7.